The Morgan fingerprint density at radius 3 is 0.874 bits per heavy atom. The van der Waals surface area contributed by atoms with Crippen molar-refractivity contribution in [1.29, 1.82) is 0 Å². The molecule has 3 saturated heterocycles. The number of amides is 3. The van der Waals surface area contributed by atoms with Crippen molar-refractivity contribution < 1.29 is 93.4 Å². The van der Waals surface area contributed by atoms with E-state index < -0.39 is 99.2 Å². The van der Waals surface area contributed by atoms with Crippen LogP contribution in [-0.2, 0) is 30.1 Å². The summed E-state index contributed by atoms with van der Waals surface area (Å²) >= 11 is 0. The number of carbonyl (C=O) groups excluding carboxylic acids is 3. The number of aromatic nitrogens is 12. The molecule has 9 aromatic rings. The molecule has 9 aliphatic rings. The van der Waals surface area contributed by atoms with Crippen molar-refractivity contribution in [3.63, 3.8) is 0 Å². The third-order valence-electron chi connectivity index (χ3n) is 27.1. The molecule has 3 atom stereocenters. The Balaban J connectivity index is 0.000000147. The van der Waals surface area contributed by atoms with Gasteiger partial charge >= 0.3 is 18.5 Å². The number of nitrogens with one attached hydrogen (secondary N) is 6. The Hall–Kier alpha value is -11.6. The molecule has 0 radical (unpaired) electrons. The molecular weight excluding hydrogens is 1830 g/mol. The number of halogens is 9. The molecule has 0 aromatic carbocycles. The molecule has 3 saturated carbocycles. The predicted octanol–water partition coefficient (Wildman–Crippen LogP) is 15.0. The molecule has 18 rings (SSSR count). The maximum atomic E-state index is 13.7. The van der Waals surface area contributed by atoms with Crippen LogP contribution in [0.4, 0.5) is 74.4 Å². The van der Waals surface area contributed by atoms with Gasteiger partial charge in [0.2, 0.25) is 17.6 Å². The zero-order valence-corrected chi connectivity index (χ0v) is 78.4. The Kier molecular flexibility index (Phi) is 26.0. The minimum Gasteiger partial charge on any atom is -0.477 e. The molecule has 12 bridgehead atoms. The monoisotopic (exact) mass is 1940 g/mol. The van der Waals surface area contributed by atoms with Crippen LogP contribution >= 0.6 is 0 Å². The first-order chi connectivity index (χ1) is 63.5. The normalized spacial score (nSPS) is 22.0. The van der Waals surface area contributed by atoms with Crippen LogP contribution in [0.2, 0.25) is 0 Å². The minimum absolute atomic E-state index is 0.0726. The van der Waals surface area contributed by atoms with Crippen LogP contribution in [0, 0.1) is 54.8 Å². The maximum absolute atomic E-state index is 13.7. The van der Waals surface area contributed by atoms with Gasteiger partial charge in [-0.2, -0.15) is 64.8 Å². The molecule has 0 spiro atoms. The molecule has 6 N–H and O–H groups in total. The fourth-order valence-electron chi connectivity index (χ4n) is 18.9. The van der Waals surface area contributed by atoms with E-state index in [-0.39, 0.29) is 127 Å². The van der Waals surface area contributed by atoms with Crippen molar-refractivity contribution in [2.75, 3.05) is 89.7 Å². The summed E-state index contributed by atoms with van der Waals surface area (Å²) in [6.45, 7) is 20.5. The second kappa shape index (κ2) is 36.4. The second-order valence-electron chi connectivity index (χ2n) is 38.5. The Labute approximate surface area is 775 Å². The van der Waals surface area contributed by atoms with E-state index in [0.29, 0.717) is 126 Å². The quantitative estimate of drug-likeness (QED) is 0.0519. The second-order valence-corrected chi connectivity index (χ2v) is 43.3. The topological polar surface area (TPSA) is 394 Å². The number of ether oxygens (including phenoxy) is 3. The van der Waals surface area contributed by atoms with E-state index in [0.717, 1.165) is 57.8 Å². The lowest BCUT2D eigenvalue weighted by molar-refractivity contribution is -0.190. The van der Waals surface area contributed by atoms with E-state index >= 15 is 0 Å². The van der Waals surface area contributed by atoms with Gasteiger partial charge in [0, 0.05) is 92.7 Å². The third-order valence-corrected chi connectivity index (χ3v) is 31.2. The third kappa shape index (κ3) is 20.9. The Bertz CT molecular complexity index is 5760. The van der Waals surface area contributed by atoms with Gasteiger partial charge in [0.15, 0.2) is 32.5 Å². The maximum Gasteiger partial charge on any atom is 0.394 e. The minimum atomic E-state index is -4.33. The number of hydrogen-bond donors (Lipinski definition) is 6. The molecule has 726 valence electrons. The fourth-order valence-corrected chi connectivity index (χ4v) is 22.4. The number of rotatable bonds is 15. The number of pyridine rings is 6. The van der Waals surface area contributed by atoms with Crippen molar-refractivity contribution in [3.8, 4) is 35.1 Å². The zero-order valence-electron chi connectivity index (χ0n) is 75.9. The highest BCUT2D eigenvalue weighted by atomic mass is 32.2. The van der Waals surface area contributed by atoms with Gasteiger partial charge in [-0.3, -0.25) is 14.4 Å². The van der Waals surface area contributed by atoms with E-state index in [9.17, 15) is 79.2 Å². The van der Waals surface area contributed by atoms with Gasteiger partial charge in [0.25, 0.3) is 47.8 Å². The van der Waals surface area contributed by atoms with E-state index in [2.05, 4.69) is 102 Å². The fraction of sp³-hybridized carbons (Fsp3) is 0.533. The van der Waals surface area contributed by atoms with Crippen LogP contribution in [0.3, 0.4) is 0 Å². The largest absolute Gasteiger partial charge is 0.477 e. The molecule has 45 heteroatoms. The van der Waals surface area contributed by atoms with Gasteiger partial charge in [-0.25, -0.2) is 58.1 Å². The summed E-state index contributed by atoms with van der Waals surface area (Å²) in [4.78, 5) is 74.3. The van der Waals surface area contributed by atoms with Crippen LogP contribution in [0.25, 0.3) is 17.5 Å². The van der Waals surface area contributed by atoms with E-state index in [1.165, 1.54) is 68.6 Å². The molecular formula is C90H108F9N21O12S3. The first-order valence-electron chi connectivity index (χ1n) is 45.0. The van der Waals surface area contributed by atoms with Crippen molar-refractivity contribution >= 4 is 82.7 Å². The zero-order chi connectivity index (χ0) is 96.6. The predicted molar refractivity (Wildman–Crippen MR) is 480 cm³/mol. The highest BCUT2D eigenvalue weighted by molar-refractivity contribution is 7.90. The van der Waals surface area contributed by atoms with Crippen LogP contribution in [0.15, 0.2) is 125 Å². The Morgan fingerprint density at radius 1 is 0.370 bits per heavy atom. The molecule has 9 aromatic heterocycles. The first-order valence-corrected chi connectivity index (χ1v) is 49.5. The SMILES string of the molecule is Cc1ccc2nc1S(=O)(=O)NC(=O)c1ccc(-n3ccc(OCCC4(C(F)(F)F)CC4)n3)nc1N1CC(CCCN2)CC1(C)C.Cc1ccc2nc1S(=O)(=O)NC(=O)c1ccc(-n3ccc(OCCC4(C(F)(F)F)CC4)n3)nc1N1CC(CCCN2)CC1(C)C.Cc1ccc2nc1S(=O)(=O)NC(=O)c1ccc(-n3ccc(OCCC4(C(F)(F)F)CC4)n3)nc1N1CC(CCCN2)CC1(C)C. The van der Waals surface area contributed by atoms with Gasteiger partial charge in [-0.05, 0) is 267 Å². The molecule has 15 heterocycles. The summed E-state index contributed by atoms with van der Waals surface area (Å²) in [5, 5.41) is 21.9. The average molecular weight is 1940 g/mol. The lowest BCUT2D eigenvalue weighted by Gasteiger charge is -2.34. The van der Waals surface area contributed by atoms with Crippen LogP contribution in [-0.4, -0.2) is 196 Å². The van der Waals surface area contributed by atoms with E-state index in [4.69, 9.17) is 29.2 Å². The number of anilines is 6. The first kappa shape index (κ1) is 96.5. The summed E-state index contributed by atoms with van der Waals surface area (Å²) in [5.74, 6) is 1.96. The van der Waals surface area contributed by atoms with Crippen molar-refractivity contribution in [3.05, 3.63) is 143 Å². The standard InChI is InChI=1S/3C30H36F3N7O4S/c3*1-19-6-8-22-34-14-4-5-20-17-28(2,3)39(18-20)25-21(26(41)38-45(42,43)27(19)35-22)7-9-23(36-25)40-15-10-24(37-40)44-16-13-29(11-12-29)30(31,32)33/h3*6-10,15,20H,4-5,11-14,16-18H2,1-3H3,(H,34,35)(H,38,41). The van der Waals surface area contributed by atoms with Crippen molar-refractivity contribution in [2.45, 2.75) is 228 Å². The van der Waals surface area contributed by atoms with E-state index in [1.54, 1.807) is 75.8 Å². The number of alkyl halides is 9. The van der Waals surface area contributed by atoms with Gasteiger partial charge in [0.1, 0.15) is 34.9 Å². The molecule has 3 unspecified atom stereocenters. The summed E-state index contributed by atoms with van der Waals surface area (Å²) in [6, 6.07) is 23.8. The summed E-state index contributed by atoms with van der Waals surface area (Å²) < 4.78 is 227. The summed E-state index contributed by atoms with van der Waals surface area (Å²) in [7, 11) is -13.0. The number of hydrogen-bond acceptors (Lipinski definition) is 27. The lowest BCUT2D eigenvalue weighted by Crippen LogP contribution is -2.41. The van der Waals surface area contributed by atoms with Gasteiger partial charge in [-0.1, -0.05) is 18.2 Å². The van der Waals surface area contributed by atoms with E-state index in [1.807, 2.05) is 14.7 Å². The smallest absolute Gasteiger partial charge is 0.394 e. The Morgan fingerprint density at radius 2 is 0.630 bits per heavy atom. The van der Waals surface area contributed by atoms with Gasteiger partial charge in [0.05, 0.1) is 52.8 Å². The van der Waals surface area contributed by atoms with Crippen LogP contribution in [0.1, 0.15) is 205 Å². The number of fused-ring (bicyclic) bond motifs is 18. The summed E-state index contributed by atoms with van der Waals surface area (Å²) in [6.07, 6.45) is -0.0803. The van der Waals surface area contributed by atoms with Crippen molar-refractivity contribution in [1.82, 2.24) is 73.4 Å². The molecule has 33 nitrogen and oxygen atoms in total. The highest BCUT2D eigenvalue weighted by Crippen LogP contribution is 2.62. The highest BCUT2D eigenvalue weighted by Gasteiger charge is 2.65. The average Bonchev–Trinajstić information content (AvgIpc) is 1.71. The summed E-state index contributed by atoms with van der Waals surface area (Å²) in [5.41, 5.74) is -4.78. The number of sulfonamides is 3. The van der Waals surface area contributed by atoms with Gasteiger partial charge < -0.3 is 44.9 Å². The molecule has 3 amide bonds. The number of carbonyl (C=O) groups is 3. The molecule has 6 aliphatic heterocycles. The van der Waals surface area contributed by atoms with Crippen LogP contribution < -0.4 is 59.0 Å². The number of aryl methyl sites for hydroxylation is 3. The lowest BCUT2D eigenvalue weighted by atomic mass is 9.93. The molecule has 6 fully saturated rings. The van der Waals surface area contributed by atoms with Crippen LogP contribution in [0.5, 0.6) is 17.6 Å². The molecule has 135 heavy (non-hydrogen) atoms. The van der Waals surface area contributed by atoms with Crippen molar-refractivity contribution in [2.24, 2.45) is 34.0 Å². The van der Waals surface area contributed by atoms with Gasteiger partial charge in [-0.15, -0.1) is 15.3 Å². The number of nitrogens with zero attached hydrogens (tertiary/aromatic N) is 15. The molecule has 3 aliphatic carbocycles.